The average Bonchev–Trinajstić information content (AvgIpc) is 2.96. The number of nitrogens with zero attached hydrogens (tertiary/aromatic N) is 2. The van der Waals surface area contributed by atoms with E-state index >= 15 is 0 Å². The SMILES string of the molecule is NCC1CCCCC1c1nc(-c2cc(Cl)cc(Cl)c2)no1. The summed E-state index contributed by atoms with van der Waals surface area (Å²) in [6.07, 6.45) is 4.59. The molecule has 1 fully saturated rings. The molecule has 6 heteroatoms. The van der Waals surface area contributed by atoms with Crippen LogP contribution in [0.1, 0.15) is 37.5 Å². The molecule has 21 heavy (non-hydrogen) atoms. The molecule has 1 aromatic heterocycles. The summed E-state index contributed by atoms with van der Waals surface area (Å²) < 4.78 is 5.47. The third-order valence-electron chi connectivity index (χ3n) is 4.09. The second-order valence-electron chi connectivity index (χ2n) is 5.50. The van der Waals surface area contributed by atoms with E-state index in [2.05, 4.69) is 10.1 Å². The van der Waals surface area contributed by atoms with Crippen molar-refractivity contribution in [2.75, 3.05) is 6.54 Å². The zero-order valence-corrected chi connectivity index (χ0v) is 13.1. The first-order chi connectivity index (χ1) is 10.2. The van der Waals surface area contributed by atoms with Gasteiger partial charge in [-0.3, -0.25) is 0 Å². The predicted octanol–water partition coefficient (Wildman–Crippen LogP) is 4.28. The van der Waals surface area contributed by atoms with Gasteiger partial charge in [0.05, 0.1) is 0 Å². The second kappa shape index (κ2) is 6.34. The number of hydrogen-bond donors (Lipinski definition) is 1. The minimum Gasteiger partial charge on any atom is -0.339 e. The van der Waals surface area contributed by atoms with Crippen molar-refractivity contribution in [3.05, 3.63) is 34.1 Å². The molecular weight excluding hydrogens is 309 g/mol. The molecule has 1 aromatic carbocycles. The van der Waals surface area contributed by atoms with Crippen molar-refractivity contribution >= 4 is 23.2 Å². The highest BCUT2D eigenvalue weighted by molar-refractivity contribution is 6.35. The summed E-state index contributed by atoms with van der Waals surface area (Å²) in [4.78, 5) is 4.53. The molecule has 1 aliphatic carbocycles. The minimum atomic E-state index is 0.264. The highest BCUT2D eigenvalue weighted by atomic mass is 35.5. The van der Waals surface area contributed by atoms with Crippen LogP contribution in [0.5, 0.6) is 0 Å². The zero-order valence-electron chi connectivity index (χ0n) is 11.6. The first kappa shape index (κ1) is 14.8. The Hall–Kier alpha value is -1.10. The van der Waals surface area contributed by atoms with Gasteiger partial charge in [-0.25, -0.2) is 0 Å². The van der Waals surface area contributed by atoms with Gasteiger partial charge in [-0.2, -0.15) is 4.98 Å². The fourth-order valence-electron chi connectivity index (χ4n) is 3.00. The molecule has 0 bridgehead atoms. The fourth-order valence-corrected chi connectivity index (χ4v) is 3.53. The van der Waals surface area contributed by atoms with E-state index < -0.39 is 0 Å². The molecule has 112 valence electrons. The van der Waals surface area contributed by atoms with Crippen molar-refractivity contribution in [3.8, 4) is 11.4 Å². The van der Waals surface area contributed by atoms with Crippen LogP contribution in [0.3, 0.4) is 0 Å². The van der Waals surface area contributed by atoms with E-state index in [1.807, 2.05) is 0 Å². The van der Waals surface area contributed by atoms with Crippen molar-refractivity contribution in [1.29, 1.82) is 0 Å². The number of hydrogen-bond acceptors (Lipinski definition) is 4. The molecule has 2 aromatic rings. The predicted molar refractivity (Wildman–Crippen MR) is 83.5 cm³/mol. The Morgan fingerprint density at radius 2 is 1.86 bits per heavy atom. The molecule has 0 aliphatic heterocycles. The summed E-state index contributed by atoms with van der Waals surface area (Å²) in [5.41, 5.74) is 6.63. The summed E-state index contributed by atoms with van der Waals surface area (Å²) in [6.45, 7) is 0.658. The van der Waals surface area contributed by atoms with Gasteiger partial charge in [0.25, 0.3) is 0 Å². The lowest BCUT2D eigenvalue weighted by Crippen LogP contribution is -2.25. The first-order valence-electron chi connectivity index (χ1n) is 7.17. The molecule has 0 radical (unpaired) electrons. The Morgan fingerprint density at radius 1 is 1.14 bits per heavy atom. The van der Waals surface area contributed by atoms with Gasteiger partial charge in [0.15, 0.2) is 0 Å². The normalized spacial score (nSPS) is 22.4. The Morgan fingerprint density at radius 3 is 2.57 bits per heavy atom. The highest BCUT2D eigenvalue weighted by Gasteiger charge is 2.30. The summed E-state index contributed by atoms with van der Waals surface area (Å²) in [6, 6.07) is 5.24. The van der Waals surface area contributed by atoms with E-state index in [1.54, 1.807) is 18.2 Å². The quantitative estimate of drug-likeness (QED) is 0.914. The molecule has 2 N–H and O–H groups in total. The van der Waals surface area contributed by atoms with E-state index in [1.165, 1.54) is 12.8 Å². The number of benzene rings is 1. The minimum absolute atomic E-state index is 0.264. The van der Waals surface area contributed by atoms with Gasteiger partial charge in [0.2, 0.25) is 11.7 Å². The van der Waals surface area contributed by atoms with E-state index in [4.69, 9.17) is 33.5 Å². The maximum atomic E-state index is 6.01. The molecule has 3 rings (SSSR count). The van der Waals surface area contributed by atoms with Gasteiger partial charge < -0.3 is 10.3 Å². The summed E-state index contributed by atoms with van der Waals surface area (Å²) in [7, 11) is 0. The van der Waals surface area contributed by atoms with E-state index in [9.17, 15) is 0 Å². The summed E-state index contributed by atoms with van der Waals surface area (Å²) >= 11 is 12.0. The van der Waals surface area contributed by atoms with E-state index in [0.717, 1.165) is 18.4 Å². The lowest BCUT2D eigenvalue weighted by atomic mass is 9.79. The van der Waals surface area contributed by atoms with Gasteiger partial charge in [-0.1, -0.05) is 41.2 Å². The van der Waals surface area contributed by atoms with Crippen LogP contribution in [0, 0.1) is 5.92 Å². The van der Waals surface area contributed by atoms with Crippen LogP contribution in [0.4, 0.5) is 0 Å². The number of rotatable bonds is 3. The molecule has 1 heterocycles. The Bertz CT molecular complexity index is 609. The van der Waals surface area contributed by atoms with Crippen LogP contribution in [-0.4, -0.2) is 16.7 Å². The van der Waals surface area contributed by atoms with E-state index in [-0.39, 0.29) is 5.92 Å². The average molecular weight is 326 g/mol. The van der Waals surface area contributed by atoms with Gasteiger partial charge in [0.1, 0.15) is 0 Å². The second-order valence-corrected chi connectivity index (χ2v) is 6.37. The van der Waals surface area contributed by atoms with Crippen LogP contribution >= 0.6 is 23.2 Å². The van der Waals surface area contributed by atoms with Gasteiger partial charge in [-0.05, 0) is 43.5 Å². The molecule has 4 nitrogen and oxygen atoms in total. The molecule has 0 saturated heterocycles. The summed E-state index contributed by atoms with van der Waals surface area (Å²) in [5.74, 6) is 1.89. The first-order valence-corrected chi connectivity index (χ1v) is 7.93. The lowest BCUT2D eigenvalue weighted by molar-refractivity contribution is 0.249. The van der Waals surface area contributed by atoms with Crippen molar-refractivity contribution in [1.82, 2.24) is 10.1 Å². The lowest BCUT2D eigenvalue weighted by Gasteiger charge is -2.27. The van der Waals surface area contributed by atoms with Crippen LogP contribution in [0.2, 0.25) is 10.0 Å². The van der Waals surface area contributed by atoms with Crippen LogP contribution in [0.15, 0.2) is 22.7 Å². The van der Waals surface area contributed by atoms with Gasteiger partial charge in [-0.15, -0.1) is 0 Å². The number of halogens is 2. The highest BCUT2D eigenvalue weighted by Crippen LogP contribution is 2.37. The van der Waals surface area contributed by atoms with Gasteiger partial charge in [0, 0.05) is 21.5 Å². The molecular formula is C15H17Cl2N3O. The molecule has 2 unspecified atom stereocenters. The Balaban J connectivity index is 1.88. The Kier molecular flexibility index (Phi) is 4.48. The van der Waals surface area contributed by atoms with Crippen molar-refractivity contribution in [2.45, 2.75) is 31.6 Å². The largest absolute Gasteiger partial charge is 0.339 e. The van der Waals surface area contributed by atoms with Crippen LogP contribution in [0.25, 0.3) is 11.4 Å². The van der Waals surface area contributed by atoms with E-state index in [0.29, 0.717) is 34.2 Å². The van der Waals surface area contributed by atoms with Crippen molar-refractivity contribution < 1.29 is 4.52 Å². The summed E-state index contributed by atoms with van der Waals surface area (Å²) in [5, 5.41) is 5.18. The van der Waals surface area contributed by atoms with Crippen LogP contribution < -0.4 is 5.73 Å². The third kappa shape index (κ3) is 3.23. The Labute approximate surface area is 133 Å². The zero-order chi connectivity index (χ0) is 14.8. The topological polar surface area (TPSA) is 64.9 Å². The maximum absolute atomic E-state index is 6.01. The van der Waals surface area contributed by atoms with Crippen molar-refractivity contribution in [2.24, 2.45) is 11.7 Å². The molecule has 0 spiro atoms. The molecule has 1 saturated carbocycles. The number of aromatic nitrogens is 2. The van der Waals surface area contributed by atoms with Crippen molar-refractivity contribution in [3.63, 3.8) is 0 Å². The number of nitrogens with two attached hydrogens (primary N) is 1. The smallest absolute Gasteiger partial charge is 0.230 e. The molecule has 0 amide bonds. The monoisotopic (exact) mass is 325 g/mol. The maximum Gasteiger partial charge on any atom is 0.230 e. The molecule has 2 atom stereocenters. The standard InChI is InChI=1S/C15H17Cl2N3O/c16-11-5-10(6-12(17)7-11)14-19-15(21-20-14)13-4-2-1-3-9(13)8-18/h5-7,9,13H,1-4,8,18H2. The molecule has 1 aliphatic rings. The van der Waals surface area contributed by atoms with Gasteiger partial charge >= 0.3 is 0 Å². The third-order valence-corrected chi connectivity index (χ3v) is 4.53. The fraction of sp³-hybridized carbons (Fsp3) is 0.467. The van der Waals surface area contributed by atoms with Crippen LogP contribution in [-0.2, 0) is 0 Å².